The van der Waals surface area contributed by atoms with Crippen molar-refractivity contribution >= 4 is 0 Å². The van der Waals surface area contributed by atoms with Crippen LogP contribution in [0, 0.1) is 20.8 Å². The maximum absolute atomic E-state index is 5.79. The van der Waals surface area contributed by atoms with Crippen molar-refractivity contribution < 1.29 is 4.74 Å². The lowest BCUT2D eigenvalue weighted by Gasteiger charge is -2.22. The minimum absolute atomic E-state index is 0.247. The number of hydrazine groups is 1. The molecule has 1 aliphatic heterocycles. The van der Waals surface area contributed by atoms with Crippen LogP contribution in [-0.2, 0) is 4.74 Å². The first-order valence-corrected chi connectivity index (χ1v) is 7.77. The summed E-state index contributed by atoms with van der Waals surface area (Å²) in [6.07, 6.45) is 6.31. The zero-order valence-corrected chi connectivity index (χ0v) is 13.0. The summed E-state index contributed by atoms with van der Waals surface area (Å²) in [6, 6.07) is 4.73. The van der Waals surface area contributed by atoms with Crippen molar-refractivity contribution in [3.8, 4) is 0 Å². The van der Waals surface area contributed by atoms with E-state index in [0.29, 0.717) is 6.10 Å². The zero-order valence-electron chi connectivity index (χ0n) is 13.0. The molecule has 3 heteroatoms. The van der Waals surface area contributed by atoms with Gasteiger partial charge in [0.15, 0.2) is 0 Å². The van der Waals surface area contributed by atoms with Gasteiger partial charge in [0.25, 0.3) is 0 Å². The normalized spacial score (nSPS) is 20.3. The second-order valence-electron chi connectivity index (χ2n) is 6.10. The lowest BCUT2D eigenvalue weighted by atomic mass is 9.91. The Morgan fingerprint density at radius 3 is 2.55 bits per heavy atom. The number of benzene rings is 1. The number of nitrogens with one attached hydrogen (secondary N) is 1. The van der Waals surface area contributed by atoms with Gasteiger partial charge in [0.1, 0.15) is 0 Å². The number of ether oxygens (including phenoxy) is 1. The third kappa shape index (κ3) is 3.81. The van der Waals surface area contributed by atoms with Gasteiger partial charge in [-0.3, -0.25) is 11.3 Å². The molecule has 112 valence electrons. The largest absolute Gasteiger partial charge is 0.378 e. The molecule has 2 atom stereocenters. The summed E-state index contributed by atoms with van der Waals surface area (Å²) in [5.74, 6) is 5.79. The van der Waals surface area contributed by atoms with E-state index >= 15 is 0 Å². The van der Waals surface area contributed by atoms with Crippen LogP contribution < -0.4 is 11.3 Å². The third-order valence-corrected chi connectivity index (χ3v) is 4.33. The Hall–Kier alpha value is -0.900. The van der Waals surface area contributed by atoms with Gasteiger partial charge in [-0.1, -0.05) is 17.7 Å². The fourth-order valence-corrected chi connectivity index (χ4v) is 3.47. The Balaban J connectivity index is 1.97. The van der Waals surface area contributed by atoms with Crippen molar-refractivity contribution in [3.63, 3.8) is 0 Å². The highest BCUT2D eigenvalue weighted by molar-refractivity contribution is 5.39. The minimum Gasteiger partial charge on any atom is -0.378 e. The molecule has 0 aliphatic carbocycles. The van der Waals surface area contributed by atoms with Crippen molar-refractivity contribution in [2.75, 3.05) is 6.61 Å². The molecule has 0 spiro atoms. The van der Waals surface area contributed by atoms with E-state index in [1.54, 1.807) is 0 Å². The third-order valence-electron chi connectivity index (χ3n) is 4.33. The topological polar surface area (TPSA) is 47.3 Å². The average molecular weight is 276 g/mol. The molecule has 20 heavy (non-hydrogen) atoms. The van der Waals surface area contributed by atoms with Gasteiger partial charge in [0, 0.05) is 12.6 Å². The van der Waals surface area contributed by atoms with Crippen LogP contribution in [0.1, 0.15) is 60.4 Å². The number of rotatable bonds is 6. The summed E-state index contributed by atoms with van der Waals surface area (Å²) in [4.78, 5) is 0. The second kappa shape index (κ2) is 7.21. The molecule has 2 unspecified atom stereocenters. The Morgan fingerprint density at radius 1 is 1.30 bits per heavy atom. The fraction of sp³-hybridized carbons (Fsp3) is 0.647. The summed E-state index contributed by atoms with van der Waals surface area (Å²) in [5.41, 5.74) is 8.36. The second-order valence-corrected chi connectivity index (χ2v) is 6.10. The van der Waals surface area contributed by atoms with Crippen LogP contribution in [0.4, 0.5) is 0 Å². The van der Waals surface area contributed by atoms with Crippen molar-refractivity contribution in [1.82, 2.24) is 5.43 Å². The van der Waals surface area contributed by atoms with Crippen LogP contribution in [0.2, 0.25) is 0 Å². The maximum Gasteiger partial charge on any atom is 0.0576 e. The van der Waals surface area contributed by atoms with E-state index in [2.05, 4.69) is 38.3 Å². The summed E-state index contributed by atoms with van der Waals surface area (Å²) >= 11 is 0. The molecule has 1 saturated heterocycles. The van der Waals surface area contributed by atoms with E-state index in [0.717, 1.165) is 25.9 Å². The first-order valence-electron chi connectivity index (χ1n) is 7.77. The Labute approximate surface area is 122 Å². The van der Waals surface area contributed by atoms with Gasteiger partial charge in [-0.15, -0.1) is 0 Å². The molecule has 3 N–H and O–H groups in total. The van der Waals surface area contributed by atoms with E-state index in [4.69, 9.17) is 10.6 Å². The predicted molar refractivity (Wildman–Crippen MR) is 83.5 cm³/mol. The highest BCUT2D eigenvalue weighted by Crippen LogP contribution is 2.28. The first-order chi connectivity index (χ1) is 9.61. The Kier molecular flexibility index (Phi) is 5.58. The monoisotopic (exact) mass is 276 g/mol. The number of nitrogens with two attached hydrogens (primary N) is 1. The quantitative estimate of drug-likeness (QED) is 0.618. The zero-order chi connectivity index (χ0) is 14.5. The van der Waals surface area contributed by atoms with Crippen molar-refractivity contribution in [3.05, 3.63) is 34.4 Å². The molecule has 0 saturated carbocycles. The SMILES string of the molecule is Cc1cc(C)c(C(CCCC2CCCO2)NN)c(C)c1. The van der Waals surface area contributed by atoms with E-state index in [9.17, 15) is 0 Å². The molecule has 0 radical (unpaired) electrons. The van der Waals surface area contributed by atoms with Gasteiger partial charge in [-0.2, -0.15) is 0 Å². The summed E-state index contributed by atoms with van der Waals surface area (Å²) in [7, 11) is 0. The Bertz CT molecular complexity index is 416. The molecule has 3 nitrogen and oxygen atoms in total. The first kappa shape index (κ1) is 15.5. The maximum atomic E-state index is 5.79. The fourth-order valence-electron chi connectivity index (χ4n) is 3.47. The summed E-state index contributed by atoms with van der Waals surface area (Å²) < 4.78 is 5.69. The molecular weight excluding hydrogens is 248 g/mol. The molecule has 2 rings (SSSR count). The molecule has 0 amide bonds. The van der Waals surface area contributed by atoms with Crippen LogP contribution in [0.5, 0.6) is 0 Å². The molecule has 1 aliphatic rings. The van der Waals surface area contributed by atoms with Crippen molar-refractivity contribution in [2.45, 2.75) is 65.0 Å². The molecule has 1 aromatic carbocycles. The number of hydrogen-bond donors (Lipinski definition) is 2. The van der Waals surface area contributed by atoms with Gasteiger partial charge < -0.3 is 4.74 Å². The van der Waals surface area contributed by atoms with Gasteiger partial charge >= 0.3 is 0 Å². The molecule has 1 heterocycles. The standard InChI is InChI=1S/C17H28N2O/c1-12-10-13(2)17(14(3)11-12)16(19-18)8-4-6-15-7-5-9-20-15/h10-11,15-16,19H,4-9,18H2,1-3H3. The van der Waals surface area contributed by atoms with Crippen molar-refractivity contribution in [1.29, 1.82) is 0 Å². The number of aryl methyl sites for hydroxylation is 3. The van der Waals surface area contributed by atoms with E-state index in [1.807, 2.05) is 0 Å². The van der Waals surface area contributed by atoms with E-state index < -0.39 is 0 Å². The Morgan fingerprint density at radius 2 is 2.00 bits per heavy atom. The van der Waals surface area contributed by atoms with Crippen LogP contribution in [0.3, 0.4) is 0 Å². The molecule has 1 fully saturated rings. The predicted octanol–water partition coefficient (Wildman–Crippen LogP) is 3.47. The summed E-state index contributed by atoms with van der Waals surface area (Å²) in [6.45, 7) is 7.45. The van der Waals surface area contributed by atoms with Crippen LogP contribution in [0.15, 0.2) is 12.1 Å². The van der Waals surface area contributed by atoms with Gasteiger partial charge in [0.05, 0.1) is 6.10 Å². The van der Waals surface area contributed by atoms with Gasteiger partial charge in [-0.25, -0.2) is 0 Å². The smallest absolute Gasteiger partial charge is 0.0576 e. The van der Waals surface area contributed by atoms with Crippen LogP contribution in [-0.4, -0.2) is 12.7 Å². The molecular formula is C17H28N2O. The van der Waals surface area contributed by atoms with E-state index in [-0.39, 0.29) is 6.04 Å². The summed E-state index contributed by atoms with van der Waals surface area (Å²) in [5, 5.41) is 0. The molecule has 0 aromatic heterocycles. The van der Waals surface area contributed by atoms with Crippen LogP contribution >= 0.6 is 0 Å². The van der Waals surface area contributed by atoms with Crippen LogP contribution in [0.25, 0.3) is 0 Å². The lowest BCUT2D eigenvalue weighted by molar-refractivity contribution is 0.101. The van der Waals surface area contributed by atoms with E-state index in [1.165, 1.54) is 35.1 Å². The molecule has 0 bridgehead atoms. The minimum atomic E-state index is 0.247. The average Bonchev–Trinajstić information content (AvgIpc) is 2.88. The highest BCUT2D eigenvalue weighted by atomic mass is 16.5. The highest BCUT2D eigenvalue weighted by Gasteiger charge is 2.18. The van der Waals surface area contributed by atoms with Crippen molar-refractivity contribution in [2.24, 2.45) is 5.84 Å². The number of hydrogen-bond acceptors (Lipinski definition) is 3. The van der Waals surface area contributed by atoms with Gasteiger partial charge in [-0.05, 0) is 69.6 Å². The molecule has 1 aromatic rings. The van der Waals surface area contributed by atoms with Gasteiger partial charge in [0.2, 0.25) is 0 Å². The lowest BCUT2D eigenvalue weighted by Crippen LogP contribution is -2.29.